The number of hydrogen-bond donors (Lipinski definition) is 1. The Bertz CT molecular complexity index is 582. The number of aliphatic imine (C=N–C) groups is 1. The smallest absolute Gasteiger partial charge is 0.148 e. The highest BCUT2D eigenvalue weighted by atomic mass is 19.1. The van der Waals surface area contributed by atoms with Crippen molar-refractivity contribution < 1.29 is 9.50 Å². The molecule has 0 saturated heterocycles. The Labute approximate surface area is 105 Å². The van der Waals surface area contributed by atoms with Gasteiger partial charge in [-0.15, -0.1) is 0 Å². The van der Waals surface area contributed by atoms with E-state index < -0.39 is 0 Å². The molecule has 0 amide bonds. The van der Waals surface area contributed by atoms with E-state index in [1.165, 1.54) is 6.07 Å². The zero-order valence-electron chi connectivity index (χ0n) is 10.3. The third-order valence-electron chi connectivity index (χ3n) is 2.72. The largest absolute Gasteiger partial charge is 0.507 e. The number of para-hydroxylation sites is 1. The minimum Gasteiger partial charge on any atom is -0.507 e. The average molecular weight is 243 g/mol. The van der Waals surface area contributed by atoms with E-state index in [0.717, 1.165) is 16.7 Å². The van der Waals surface area contributed by atoms with Crippen molar-refractivity contribution in [3.8, 4) is 5.75 Å². The van der Waals surface area contributed by atoms with Gasteiger partial charge in [0.2, 0.25) is 0 Å². The molecule has 2 aromatic rings. The molecule has 18 heavy (non-hydrogen) atoms. The Balaban J connectivity index is 2.33. The number of halogens is 1. The second-order valence-corrected chi connectivity index (χ2v) is 4.21. The number of aryl methyl sites for hydroxylation is 2. The van der Waals surface area contributed by atoms with Crippen LogP contribution in [-0.2, 0) is 0 Å². The summed E-state index contributed by atoms with van der Waals surface area (Å²) in [5.74, 6) is -0.0565. The van der Waals surface area contributed by atoms with Gasteiger partial charge in [0.15, 0.2) is 0 Å². The van der Waals surface area contributed by atoms with Crippen LogP contribution in [-0.4, -0.2) is 11.3 Å². The van der Waals surface area contributed by atoms with E-state index in [2.05, 4.69) is 4.99 Å². The van der Waals surface area contributed by atoms with Gasteiger partial charge >= 0.3 is 0 Å². The van der Waals surface area contributed by atoms with Crippen molar-refractivity contribution in [2.75, 3.05) is 0 Å². The minimum atomic E-state index is -0.346. The SMILES string of the molecule is Cc1cc(C=Nc2ccccc2F)cc(C)c1O. The van der Waals surface area contributed by atoms with Crippen LogP contribution in [0.25, 0.3) is 0 Å². The second kappa shape index (κ2) is 5.00. The molecule has 0 saturated carbocycles. The highest BCUT2D eigenvalue weighted by molar-refractivity contribution is 5.83. The molecule has 0 bridgehead atoms. The first-order chi connectivity index (χ1) is 8.58. The number of hydrogen-bond acceptors (Lipinski definition) is 2. The van der Waals surface area contributed by atoms with E-state index in [-0.39, 0.29) is 11.6 Å². The van der Waals surface area contributed by atoms with Crippen LogP contribution in [0.15, 0.2) is 41.4 Å². The molecule has 0 spiro atoms. The summed E-state index contributed by atoms with van der Waals surface area (Å²) in [4.78, 5) is 4.11. The molecule has 0 atom stereocenters. The molecule has 92 valence electrons. The van der Waals surface area contributed by atoms with Crippen LogP contribution >= 0.6 is 0 Å². The molecule has 2 rings (SSSR count). The fourth-order valence-electron chi connectivity index (χ4n) is 1.76. The fourth-order valence-corrected chi connectivity index (χ4v) is 1.76. The van der Waals surface area contributed by atoms with Gasteiger partial charge in [0.25, 0.3) is 0 Å². The van der Waals surface area contributed by atoms with Gasteiger partial charge in [-0.2, -0.15) is 0 Å². The van der Waals surface area contributed by atoms with Crippen LogP contribution < -0.4 is 0 Å². The van der Waals surface area contributed by atoms with Crippen LogP contribution in [0.1, 0.15) is 16.7 Å². The summed E-state index contributed by atoms with van der Waals surface area (Å²) >= 11 is 0. The molecule has 2 nitrogen and oxygen atoms in total. The number of benzene rings is 2. The number of phenols is 1. The van der Waals surface area contributed by atoms with Gasteiger partial charge in [0, 0.05) is 6.21 Å². The van der Waals surface area contributed by atoms with Gasteiger partial charge in [0.1, 0.15) is 11.6 Å². The van der Waals surface area contributed by atoms with E-state index in [4.69, 9.17) is 0 Å². The molecule has 0 aliphatic heterocycles. The zero-order chi connectivity index (χ0) is 13.1. The van der Waals surface area contributed by atoms with E-state index >= 15 is 0 Å². The fraction of sp³-hybridized carbons (Fsp3) is 0.133. The Morgan fingerprint density at radius 3 is 2.33 bits per heavy atom. The highest BCUT2D eigenvalue weighted by Crippen LogP contribution is 2.23. The molecule has 0 aliphatic rings. The van der Waals surface area contributed by atoms with Gasteiger partial charge in [0.05, 0.1) is 5.69 Å². The zero-order valence-corrected chi connectivity index (χ0v) is 10.3. The number of phenolic OH excluding ortho intramolecular Hbond substituents is 1. The number of nitrogens with zero attached hydrogens (tertiary/aromatic N) is 1. The molecular formula is C15H14FNO. The third-order valence-corrected chi connectivity index (χ3v) is 2.72. The van der Waals surface area contributed by atoms with Gasteiger partial charge in [-0.1, -0.05) is 12.1 Å². The summed E-state index contributed by atoms with van der Waals surface area (Å²) in [5, 5.41) is 9.66. The van der Waals surface area contributed by atoms with Gasteiger partial charge in [-0.05, 0) is 54.8 Å². The molecule has 0 radical (unpaired) electrons. The maximum Gasteiger partial charge on any atom is 0.148 e. The lowest BCUT2D eigenvalue weighted by Gasteiger charge is -2.04. The summed E-state index contributed by atoms with van der Waals surface area (Å²) in [6, 6.07) is 9.98. The van der Waals surface area contributed by atoms with E-state index in [0.29, 0.717) is 5.69 Å². The lowest BCUT2D eigenvalue weighted by Crippen LogP contribution is -1.87. The van der Waals surface area contributed by atoms with Crippen molar-refractivity contribution in [2.24, 2.45) is 4.99 Å². The van der Waals surface area contributed by atoms with Crippen molar-refractivity contribution >= 4 is 11.9 Å². The van der Waals surface area contributed by atoms with E-state index in [1.807, 2.05) is 26.0 Å². The standard InChI is InChI=1S/C15H14FNO/c1-10-7-12(8-11(2)15(10)18)9-17-14-6-4-3-5-13(14)16/h3-9,18H,1-2H3. The number of rotatable bonds is 2. The molecule has 0 heterocycles. The van der Waals surface area contributed by atoms with Crippen LogP contribution in [0.2, 0.25) is 0 Å². The second-order valence-electron chi connectivity index (χ2n) is 4.21. The summed E-state index contributed by atoms with van der Waals surface area (Å²) < 4.78 is 13.4. The third kappa shape index (κ3) is 2.56. The van der Waals surface area contributed by atoms with Crippen LogP contribution in [0.5, 0.6) is 5.75 Å². The Hall–Kier alpha value is -2.16. The molecule has 2 aromatic carbocycles. The molecular weight excluding hydrogens is 229 g/mol. The van der Waals surface area contributed by atoms with E-state index in [1.54, 1.807) is 24.4 Å². The summed E-state index contributed by atoms with van der Waals surface area (Å²) in [5.41, 5.74) is 2.71. The van der Waals surface area contributed by atoms with Gasteiger partial charge in [-0.3, -0.25) is 4.99 Å². The predicted octanol–water partition coefficient (Wildman–Crippen LogP) is 3.90. The van der Waals surface area contributed by atoms with Gasteiger partial charge in [-0.25, -0.2) is 4.39 Å². The first-order valence-corrected chi connectivity index (χ1v) is 5.67. The minimum absolute atomic E-state index is 0.290. The molecule has 0 fully saturated rings. The molecule has 1 N–H and O–H groups in total. The lowest BCUT2D eigenvalue weighted by molar-refractivity contribution is 0.467. The normalized spacial score (nSPS) is 11.1. The monoisotopic (exact) mass is 243 g/mol. The maximum absolute atomic E-state index is 13.4. The average Bonchev–Trinajstić information content (AvgIpc) is 2.35. The van der Waals surface area contributed by atoms with Crippen molar-refractivity contribution in [2.45, 2.75) is 13.8 Å². The summed E-state index contributed by atoms with van der Waals surface area (Å²) in [6.45, 7) is 3.64. The Morgan fingerprint density at radius 2 is 1.72 bits per heavy atom. The molecule has 0 aromatic heterocycles. The summed E-state index contributed by atoms with van der Waals surface area (Å²) in [7, 11) is 0. The van der Waals surface area contributed by atoms with E-state index in [9.17, 15) is 9.50 Å². The Kier molecular flexibility index (Phi) is 3.42. The number of aromatic hydroxyl groups is 1. The first kappa shape index (κ1) is 12.3. The van der Waals surface area contributed by atoms with Crippen LogP contribution in [0.3, 0.4) is 0 Å². The van der Waals surface area contributed by atoms with Crippen LogP contribution in [0.4, 0.5) is 10.1 Å². The molecule has 3 heteroatoms. The topological polar surface area (TPSA) is 32.6 Å². The van der Waals surface area contributed by atoms with Crippen molar-refractivity contribution in [1.29, 1.82) is 0 Å². The Morgan fingerprint density at radius 1 is 1.11 bits per heavy atom. The highest BCUT2D eigenvalue weighted by Gasteiger charge is 2.02. The predicted molar refractivity (Wildman–Crippen MR) is 71.2 cm³/mol. The maximum atomic E-state index is 13.4. The molecule has 0 aliphatic carbocycles. The first-order valence-electron chi connectivity index (χ1n) is 5.67. The summed E-state index contributed by atoms with van der Waals surface area (Å²) in [6.07, 6.45) is 1.60. The molecule has 0 unspecified atom stereocenters. The van der Waals surface area contributed by atoms with Crippen molar-refractivity contribution in [3.05, 3.63) is 58.9 Å². The quantitative estimate of drug-likeness (QED) is 0.797. The van der Waals surface area contributed by atoms with Crippen LogP contribution in [0, 0.1) is 19.7 Å². The van der Waals surface area contributed by atoms with Gasteiger partial charge < -0.3 is 5.11 Å². The van der Waals surface area contributed by atoms with Crippen molar-refractivity contribution in [1.82, 2.24) is 0 Å². The lowest BCUT2D eigenvalue weighted by atomic mass is 10.1. The van der Waals surface area contributed by atoms with Crippen molar-refractivity contribution in [3.63, 3.8) is 0 Å².